The lowest BCUT2D eigenvalue weighted by molar-refractivity contribution is 0.538. The number of rotatable bonds is 10. The molecule has 0 saturated heterocycles. The van der Waals surface area contributed by atoms with Gasteiger partial charge in [0.05, 0.1) is 0 Å². The Labute approximate surface area is 106 Å². The summed E-state index contributed by atoms with van der Waals surface area (Å²) >= 11 is 12.3. The van der Waals surface area contributed by atoms with E-state index in [9.17, 15) is 0 Å². The van der Waals surface area contributed by atoms with E-state index in [-0.39, 0.29) is 0 Å². The van der Waals surface area contributed by atoms with Gasteiger partial charge in [-0.1, -0.05) is 65.2 Å². The van der Waals surface area contributed by atoms with E-state index < -0.39 is 4.33 Å². The van der Waals surface area contributed by atoms with Crippen LogP contribution in [0.2, 0.25) is 0 Å². The first-order chi connectivity index (χ1) is 7.12. The van der Waals surface area contributed by atoms with Gasteiger partial charge in [-0.15, -0.1) is 23.2 Å². The van der Waals surface area contributed by atoms with Crippen LogP contribution in [0.4, 0.5) is 0 Å². The maximum Gasteiger partial charge on any atom is 0.118 e. The van der Waals surface area contributed by atoms with Crippen molar-refractivity contribution in [3.8, 4) is 0 Å². The molecule has 92 valence electrons. The number of unbranched alkanes of at least 4 members (excludes halogenated alkanes) is 6. The minimum absolute atomic E-state index is 0.460. The molecule has 0 spiro atoms. The Hall–Kier alpha value is 0.580. The highest BCUT2D eigenvalue weighted by Crippen LogP contribution is 2.32. The summed E-state index contributed by atoms with van der Waals surface area (Å²) in [6.07, 6.45) is 12.2. The number of halogens is 2. The molecule has 0 radical (unpaired) electrons. The van der Waals surface area contributed by atoms with Gasteiger partial charge in [0, 0.05) is 0 Å². The zero-order chi connectivity index (χ0) is 11.6. The van der Waals surface area contributed by atoms with Gasteiger partial charge in [-0.2, -0.15) is 0 Å². The lowest BCUT2D eigenvalue weighted by Gasteiger charge is -2.18. The van der Waals surface area contributed by atoms with Crippen molar-refractivity contribution in [2.45, 2.75) is 82.4 Å². The van der Waals surface area contributed by atoms with Crippen LogP contribution in [0.5, 0.6) is 0 Å². The first kappa shape index (κ1) is 15.6. The van der Waals surface area contributed by atoms with E-state index >= 15 is 0 Å². The number of alkyl halides is 2. The van der Waals surface area contributed by atoms with Crippen LogP contribution in [0.25, 0.3) is 0 Å². The SMILES string of the molecule is CCCCCCCCCC(Cl)(Cl)CCC. The van der Waals surface area contributed by atoms with Crippen LogP contribution < -0.4 is 0 Å². The molecular weight excluding hydrogens is 227 g/mol. The molecule has 0 amide bonds. The van der Waals surface area contributed by atoms with Crippen LogP contribution in [-0.4, -0.2) is 4.33 Å². The highest BCUT2D eigenvalue weighted by Gasteiger charge is 2.21. The van der Waals surface area contributed by atoms with Crippen molar-refractivity contribution in [3.05, 3.63) is 0 Å². The van der Waals surface area contributed by atoms with E-state index in [2.05, 4.69) is 13.8 Å². The molecule has 0 heterocycles. The molecule has 0 aliphatic carbocycles. The summed E-state index contributed by atoms with van der Waals surface area (Å²) in [4.78, 5) is 0. The van der Waals surface area contributed by atoms with Crippen LogP contribution in [0.3, 0.4) is 0 Å². The molecule has 0 atom stereocenters. The summed E-state index contributed by atoms with van der Waals surface area (Å²) in [6.45, 7) is 4.38. The van der Waals surface area contributed by atoms with Gasteiger partial charge in [0.1, 0.15) is 4.33 Å². The van der Waals surface area contributed by atoms with E-state index in [0.29, 0.717) is 0 Å². The van der Waals surface area contributed by atoms with Crippen molar-refractivity contribution >= 4 is 23.2 Å². The molecule has 0 rings (SSSR count). The van der Waals surface area contributed by atoms with E-state index in [0.717, 1.165) is 19.3 Å². The van der Waals surface area contributed by atoms with Crippen molar-refractivity contribution < 1.29 is 0 Å². The predicted molar refractivity (Wildman–Crippen MR) is 72.0 cm³/mol. The smallest absolute Gasteiger partial charge is 0.102 e. The molecule has 0 N–H and O–H groups in total. The zero-order valence-electron chi connectivity index (χ0n) is 10.3. The third kappa shape index (κ3) is 10.9. The largest absolute Gasteiger partial charge is 0.118 e. The first-order valence-corrected chi connectivity index (χ1v) is 7.26. The molecule has 0 nitrogen and oxygen atoms in total. The minimum atomic E-state index is -0.460. The van der Waals surface area contributed by atoms with Crippen LogP contribution >= 0.6 is 23.2 Å². The van der Waals surface area contributed by atoms with Crippen LogP contribution in [0, 0.1) is 0 Å². The molecule has 0 fully saturated rings. The molecule has 2 heteroatoms. The van der Waals surface area contributed by atoms with E-state index in [1.54, 1.807) is 0 Å². The molecule has 15 heavy (non-hydrogen) atoms. The lowest BCUT2D eigenvalue weighted by atomic mass is 10.1. The first-order valence-electron chi connectivity index (χ1n) is 6.50. The van der Waals surface area contributed by atoms with Crippen LogP contribution in [-0.2, 0) is 0 Å². The summed E-state index contributed by atoms with van der Waals surface area (Å²) in [5, 5.41) is 0. The van der Waals surface area contributed by atoms with Gasteiger partial charge >= 0.3 is 0 Å². The Morgan fingerprint density at radius 1 is 0.667 bits per heavy atom. The third-order valence-corrected chi connectivity index (χ3v) is 3.52. The van der Waals surface area contributed by atoms with Gasteiger partial charge in [0.25, 0.3) is 0 Å². The molecule has 0 saturated carbocycles. The fraction of sp³-hybridized carbons (Fsp3) is 1.00. The highest BCUT2D eigenvalue weighted by atomic mass is 35.5. The second-order valence-electron chi connectivity index (χ2n) is 4.48. The Balaban J connectivity index is 3.22. The van der Waals surface area contributed by atoms with E-state index in [1.165, 1.54) is 44.9 Å². The van der Waals surface area contributed by atoms with Crippen molar-refractivity contribution in [2.24, 2.45) is 0 Å². The van der Waals surface area contributed by atoms with Gasteiger partial charge in [-0.3, -0.25) is 0 Å². The quantitative estimate of drug-likeness (QED) is 0.326. The van der Waals surface area contributed by atoms with E-state index in [1.807, 2.05) is 0 Å². The summed E-state index contributed by atoms with van der Waals surface area (Å²) in [7, 11) is 0. The maximum atomic E-state index is 6.16. The predicted octanol–water partition coefficient (Wildman–Crippen LogP) is 6.10. The molecule has 0 aliphatic rings. The van der Waals surface area contributed by atoms with Crippen molar-refractivity contribution in [3.63, 3.8) is 0 Å². The van der Waals surface area contributed by atoms with Gasteiger partial charge in [-0.05, 0) is 12.8 Å². The fourth-order valence-electron chi connectivity index (χ4n) is 1.83. The standard InChI is InChI=1S/C13H26Cl2/c1-3-5-6-7-8-9-10-12-13(14,15)11-4-2/h3-12H2,1-2H3. The van der Waals surface area contributed by atoms with Gasteiger partial charge in [0.2, 0.25) is 0 Å². The highest BCUT2D eigenvalue weighted by molar-refractivity contribution is 6.48. The van der Waals surface area contributed by atoms with Crippen LogP contribution in [0.1, 0.15) is 78.1 Å². The van der Waals surface area contributed by atoms with Crippen molar-refractivity contribution in [2.75, 3.05) is 0 Å². The van der Waals surface area contributed by atoms with E-state index in [4.69, 9.17) is 23.2 Å². The lowest BCUT2D eigenvalue weighted by Crippen LogP contribution is -2.11. The molecular formula is C13H26Cl2. The second-order valence-corrected chi connectivity index (χ2v) is 6.12. The number of hydrogen-bond donors (Lipinski definition) is 0. The van der Waals surface area contributed by atoms with Crippen LogP contribution in [0.15, 0.2) is 0 Å². The molecule has 0 unspecified atom stereocenters. The fourth-order valence-corrected chi connectivity index (χ4v) is 2.48. The average Bonchev–Trinajstić information content (AvgIpc) is 2.16. The maximum absolute atomic E-state index is 6.16. The second kappa shape index (κ2) is 9.78. The van der Waals surface area contributed by atoms with Gasteiger partial charge in [0.15, 0.2) is 0 Å². The summed E-state index contributed by atoms with van der Waals surface area (Å²) in [6, 6.07) is 0. The average molecular weight is 253 g/mol. The topological polar surface area (TPSA) is 0 Å². The molecule has 0 aromatic rings. The monoisotopic (exact) mass is 252 g/mol. The normalized spacial score (nSPS) is 12.0. The number of hydrogen-bond acceptors (Lipinski definition) is 0. The molecule has 0 bridgehead atoms. The zero-order valence-corrected chi connectivity index (χ0v) is 11.8. The Morgan fingerprint density at radius 3 is 1.73 bits per heavy atom. The molecule has 0 aromatic heterocycles. The molecule has 0 aromatic carbocycles. The van der Waals surface area contributed by atoms with Crippen molar-refractivity contribution in [1.82, 2.24) is 0 Å². The Morgan fingerprint density at radius 2 is 1.20 bits per heavy atom. The minimum Gasteiger partial charge on any atom is -0.102 e. The summed E-state index contributed by atoms with van der Waals surface area (Å²) in [5.74, 6) is 0. The summed E-state index contributed by atoms with van der Waals surface area (Å²) < 4.78 is -0.460. The van der Waals surface area contributed by atoms with Gasteiger partial charge < -0.3 is 0 Å². The third-order valence-electron chi connectivity index (χ3n) is 2.76. The van der Waals surface area contributed by atoms with Crippen molar-refractivity contribution in [1.29, 1.82) is 0 Å². The Kier molecular flexibility index (Phi) is 10.2. The Bertz CT molecular complexity index is 132. The molecule has 0 aliphatic heterocycles. The summed E-state index contributed by atoms with van der Waals surface area (Å²) in [5.41, 5.74) is 0. The van der Waals surface area contributed by atoms with Gasteiger partial charge in [-0.25, -0.2) is 0 Å².